The van der Waals surface area contributed by atoms with Crippen LogP contribution in [0.4, 0.5) is 10.8 Å². The van der Waals surface area contributed by atoms with Crippen LogP contribution in [-0.2, 0) is 20.8 Å². The van der Waals surface area contributed by atoms with Gasteiger partial charge in [0.2, 0.25) is 17.7 Å². The number of anilines is 2. The van der Waals surface area contributed by atoms with Crippen LogP contribution in [0.2, 0.25) is 0 Å². The predicted molar refractivity (Wildman–Crippen MR) is 131 cm³/mol. The van der Waals surface area contributed by atoms with Crippen LogP contribution in [0.15, 0.2) is 60.1 Å². The third-order valence-electron chi connectivity index (χ3n) is 4.94. The van der Waals surface area contributed by atoms with E-state index < -0.39 is 0 Å². The van der Waals surface area contributed by atoms with E-state index in [1.54, 1.807) is 11.6 Å². The Morgan fingerprint density at radius 3 is 2.36 bits per heavy atom. The van der Waals surface area contributed by atoms with E-state index in [2.05, 4.69) is 15.6 Å². The molecule has 0 aliphatic carbocycles. The minimum absolute atomic E-state index is 0.00926. The van der Waals surface area contributed by atoms with E-state index >= 15 is 0 Å². The van der Waals surface area contributed by atoms with Crippen molar-refractivity contribution in [3.05, 3.63) is 76.8 Å². The van der Waals surface area contributed by atoms with E-state index in [4.69, 9.17) is 0 Å². The fourth-order valence-electron chi connectivity index (χ4n) is 3.44. The molecular weight excluding hydrogens is 436 g/mol. The zero-order valence-electron chi connectivity index (χ0n) is 18.8. The summed E-state index contributed by atoms with van der Waals surface area (Å²) in [6, 6.07) is 15.6. The zero-order chi connectivity index (χ0) is 23.6. The Hall–Kier alpha value is -3.52. The highest BCUT2D eigenvalue weighted by Crippen LogP contribution is 2.20. The molecule has 3 amide bonds. The molecule has 172 valence electrons. The molecule has 1 aromatic heterocycles. The van der Waals surface area contributed by atoms with Gasteiger partial charge >= 0.3 is 0 Å². The van der Waals surface area contributed by atoms with Crippen molar-refractivity contribution in [3.63, 3.8) is 0 Å². The summed E-state index contributed by atoms with van der Waals surface area (Å²) in [5, 5.41) is 7.83. The highest BCUT2D eigenvalue weighted by molar-refractivity contribution is 7.13. The second kappa shape index (κ2) is 11.9. The molecule has 0 spiro atoms. The molecule has 2 aromatic carbocycles. The predicted octanol–water partition coefficient (Wildman–Crippen LogP) is 3.87. The van der Waals surface area contributed by atoms with Crippen molar-refractivity contribution < 1.29 is 14.4 Å². The standard InChI is InChI=1S/C25H28N4O3S/c1-18-14-19(2)16-21(15-18)29(17-23(31)26-11-10-20-6-4-3-5-7-20)24(32)9-8-22(30)28-25-27-12-13-33-25/h3-7,12-16H,8-11,17H2,1-2H3,(H,26,31)(H,27,28,30). The first kappa shape index (κ1) is 24.1. The lowest BCUT2D eigenvalue weighted by atomic mass is 10.1. The first-order chi connectivity index (χ1) is 15.9. The van der Waals surface area contributed by atoms with E-state index in [-0.39, 0.29) is 37.1 Å². The van der Waals surface area contributed by atoms with Crippen molar-refractivity contribution in [2.75, 3.05) is 23.3 Å². The summed E-state index contributed by atoms with van der Waals surface area (Å²) >= 11 is 1.31. The Labute approximate surface area is 197 Å². The molecule has 33 heavy (non-hydrogen) atoms. The van der Waals surface area contributed by atoms with Gasteiger partial charge in [-0.3, -0.25) is 14.4 Å². The minimum Gasteiger partial charge on any atom is -0.354 e. The summed E-state index contributed by atoms with van der Waals surface area (Å²) in [5.74, 6) is -0.816. The molecule has 3 aromatic rings. The van der Waals surface area contributed by atoms with Crippen molar-refractivity contribution in [3.8, 4) is 0 Å². The molecule has 0 bridgehead atoms. The number of thiazole rings is 1. The molecule has 1 heterocycles. The van der Waals surface area contributed by atoms with Gasteiger partial charge in [-0.2, -0.15) is 0 Å². The number of aryl methyl sites for hydroxylation is 2. The van der Waals surface area contributed by atoms with E-state index in [1.165, 1.54) is 16.2 Å². The Balaban J connectivity index is 1.62. The van der Waals surface area contributed by atoms with Gasteiger partial charge in [-0.1, -0.05) is 36.4 Å². The fraction of sp³-hybridized carbons (Fsp3) is 0.280. The Morgan fingerprint density at radius 2 is 1.70 bits per heavy atom. The third-order valence-corrected chi connectivity index (χ3v) is 5.63. The maximum absolute atomic E-state index is 13.1. The number of amides is 3. The molecule has 0 fully saturated rings. The van der Waals surface area contributed by atoms with E-state index in [0.717, 1.165) is 16.7 Å². The van der Waals surface area contributed by atoms with Crippen LogP contribution in [0.5, 0.6) is 0 Å². The summed E-state index contributed by atoms with van der Waals surface area (Å²) in [4.78, 5) is 43.4. The van der Waals surface area contributed by atoms with Gasteiger partial charge in [0.05, 0.1) is 0 Å². The van der Waals surface area contributed by atoms with Gasteiger partial charge in [0.25, 0.3) is 0 Å². The molecule has 0 atom stereocenters. The van der Waals surface area contributed by atoms with Crippen LogP contribution in [-0.4, -0.2) is 35.8 Å². The van der Waals surface area contributed by atoms with Gasteiger partial charge in [0, 0.05) is 36.7 Å². The highest BCUT2D eigenvalue weighted by atomic mass is 32.1. The lowest BCUT2D eigenvalue weighted by molar-refractivity contribution is -0.125. The number of carbonyl (C=O) groups excluding carboxylic acids is 3. The Morgan fingerprint density at radius 1 is 0.970 bits per heavy atom. The number of hydrogen-bond acceptors (Lipinski definition) is 5. The molecule has 0 saturated heterocycles. The van der Waals surface area contributed by atoms with Crippen LogP contribution in [0.25, 0.3) is 0 Å². The molecule has 0 radical (unpaired) electrons. The average Bonchev–Trinajstić information content (AvgIpc) is 3.29. The highest BCUT2D eigenvalue weighted by Gasteiger charge is 2.21. The second-order valence-electron chi connectivity index (χ2n) is 7.80. The van der Waals surface area contributed by atoms with Gasteiger partial charge in [0.15, 0.2) is 5.13 Å². The van der Waals surface area contributed by atoms with Crippen molar-refractivity contribution in [2.45, 2.75) is 33.1 Å². The van der Waals surface area contributed by atoms with Crippen LogP contribution in [0.3, 0.4) is 0 Å². The fourth-order valence-corrected chi connectivity index (χ4v) is 3.99. The average molecular weight is 465 g/mol. The first-order valence-corrected chi connectivity index (χ1v) is 11.7. The number of carbonyl (C=O) groups is 3. The van der Waals surface area contributed by atoms with E-state index in [1.807, 2.05) is 62.4 Å². The SMILES string of the molecule is Cc1cc(C)cc(N(CC(=O)NCCc2ccccc2)C(=O)CCC(=O)Nc2nccs2)c1. The molecule has 0 saturated carbocycles. The molecule has 7 nitrogen and oxygen atoms in total. The summed E-state index contributed by atoms with van der Waals surface area (Å²) < 4.78 is 0. The van der Waals surface area contributed by atoms with Gasteiger partial charge in [0.1, 0.15) is 6.54 Å². The maximum Gasteiger partial charge on any atom is 0.240 e. The maximum atomic E-state index is 13.1. The van der Waals surface area contributed by atoms with Crippen LogP contribution in [0.1, 0.15) is 29.5 Å². The molecule has 0 unspecified atom stereocenters. The molecule has 0 aliphatic rings. The number of aromatic nitrogens is 1. The molecule has 3 rings (SSSR count). The van der Waals surface area contributed by atoms with Crippen LogP contribution in [0, 0.1) is 13.8 Å². The number of nitrogens with zero attached hydrogens (tertiary/aromatic N) is 2. The van der Waals surface area contributed by atoms with Gasteiger partial charge in [-0.05, 0) is 49.1 Å². The van der Waals surface area contributed by atoms with Crippen molar-refractivity contribution in [2.24, 2.45) is 0 Å². The Kier molecular flexibility index (Phi) is 8.71. The largest absolute Gasteiger partial charge is 0.354 e. The number of benzene rings is 2. The van der Waals surface area contributed by atoms with Crippen LogP contribution < -0.4 is 15.5 Å². The number of rotatable bonds is 10. The summed E-state index contributed by atoms with van der Waals surface area (Å²) in [5.41, 5.74) is 3.77. The summed E-state index contributed by atoms with van der Waals surface area (Å²) in [7, 11) is 0. The smallest absolute Gasteiger partial charge is 0.240 e. The number of hydrogen-bond donors (Lipinski definition) is 2. The monoisotopic (exact) mass is 464 g/mol. The topological polar surface area (TPSA) is 91.4 Å². The first-order valence-electron chi connectivity index (χ1n) is 10.8. The summed E-state index contributed by atoms with van der Waals surface area (Å²) in [6.07, 6.45) is 2.31. The van der Waals surface area contributed by atoms with Gasteiger partial charge in [-0.25, -0.2) is 4.98 Å². The lowest BCUT2D eigenvalue weighted by Crippen LogP contribution is -2.41. The summed E-state index contributed by atoms with van der Waals surface area (Å²) in [6.45, 7) is 4.26. The number of nitrogens with one attached hydrogen (secondary N) is 2. The van der Waals surface area contributed by atoms with E-state index in [0.29, 0.717) is 23.8 Å². The van der Waals surface area contributed by atoms with Crippen molar-refractivity contribution in [1.29, 1.82) is 0 Å². The molecule has 2 N–H and O–H groups in total. The lowest BCUT2D eigenvalue weighted by Gasteiger charge is -2.23. The van der Waals surface area contributed by atoms with Crippen molar-refractivity contribution in [1.82, 2.24) is 10.3 Å². The molecule has 8 heteroatoms. The third kappa shape index (κ3) is 7.84. The minimum atomic E-state index is -0.286. The normalized spacial score (nSPS) is 10.5. The van der Waals surface area contributed by atoms with Crippen molar-refractivity contribution >= 4 is 39.9 Å². The second-order valence-corrected chi connectivity index (χ2v) is 8.69. The van der Waals surface area contributed by atoms with E-state index in [9.17, 15) is 14.4 Å². The van der Waals surface area contributed by atoms with Gasteiger partial charge in [-0.15, -0.1) is 11.3 Å². The molecular formula is C25H28N4O3S. The zero-order valence-corrected chi connectivity index (χ0v) is 19.7. The Bertz CT molecular complexity index is 1060. The molecule has 0 aliphatic heterocycles. The quantitative estimate of drug-likeness (QED) is 0.477. The van der Waals surface area contributed by atoms with Gasteiger partial charge < -0.3 is 15.5 Å². The van der Waals surface area contributed by atoms with Crippen LogP contribution >= 0.6 is 11.3 Å².